The minimum atomic E-state index is -0.445. The van der Waals surface area contributed by atoms with E-state index in [0.29, 0.717) is 19.8 Å². The smallest absolute Gasteiger partial charge is 0.228 e. The molecule has 2 aromatic carbocycles. The summed E-state index contributed by atoms with van der Waals surface area (Å²) in [5.74, 6) is 0.858. The Morgan fingerprint density at radius 1 is 1.07 bits per heavy atom. The van der Waals surface area contributed by atoms with Gasteiger partial charge in [-0.2, -0.15) is 0 Å². The van der Waals surface area contributed by atoms with Crippen molar-refractivity contribution in [3.8, 4) is 5.75 Å². The molecule has 1 aliphatic heterocycles. The monoisotopic (exact) mass is 368 g/mol. The van der Waals surface area contributed by atoms with Gasteiger partial charge in [0, 0.05) is 19.2 Å². The lowest BCUT2D eigenvalue weighted by Crippen LogP contribution is -2.50. The highest BCUT2D eigenvalue weighted by Crippen LogP contribution is 2.30. The standard InChI is InChI=1S/C22H28N2O3/c1-26-17-22(11-13-23-14-12-22)21(25)24-15-19-9-5-6-10-20(19)27-16-18-7-3-2-4-8-18/h2-10,23H,11-17H2,1H3,(H,24,25). The van der Waals surface area contributed by atoms with Crippen molar-refractivity contribution in [1.29, 1.82) is 0 Å². The van der Waals surface area contributed by atoms with Crippen LogP contribution in [0.15, 0.2) is 54.6 Å². The molecule has 144 valence electrons. The second-order valence-electron chi connectivity index (χ2n) is 7.03. The summed E-state index contributed by atoms with van der Waals surface area (Å²) in [4.78, 5) is 12.9. The summed E-state index contributed by atoms with van der Waals surface area (Å²) < 4.78 is 11.3. The summed E-state index contributed by atoms with van der Waals surface area (Å²) in [7, 11) is 1.66. The summed E-state index contributed by atoms with van der Waals surface area (Å²) in [6.07, 6.45) is 1.58. The largest absolute Gasteiger partial charge is 0.489 e. The molecule has 0 aromatic heterocycles. The Balaban J connectivity index is 1.62. The number of hydrogen-bond acceptors (Lipinski definition) is 4. The van der Waals surface area contributed by atoms with Crippen molar-refractivity contribution < 1.29 is 14.3 Å². The summed E-state index contributed by atoms with van der Waals surface area (Å²) in [5.41, 5.74) is 1.65. The molecular weight excluding hydrogens is 340 g/mol. The van der Waals surface area contributed by atoms with Crippen LogP contribution in [0.4, 0.5) is 0 Å². The third-order valence-corrected chi connectivity index (χ3v) is 5.11. The van der Waals surface area contributed by atoms with Gasteiger partial charge in [-0.05, 0) is 37.6 Å². The van der Waals surface area contributed by atoms with Crippen LogP contribution in [-0.2, 0) is 22.7 Å². The number of carbonyl (C=O) groups excluding carboxylic acids is 1. The Bertz CT molecular complexity index is 722. The fourth-order valence-corrected chi connectivity index (χ4v) is 3.51. The fraction of sp³-hybridized carbons (Fsp3) is 0.409. The van der Waals surface area contributed by atoms with Gasteiger partial charge in [-0.15, -0.1) is 0 Å². The maximum absolute atomic E-state index is 12.9. The van der Waals surface area contributed by atoms with Crippen molar-refractivity contribution in [2.24, 2.45) is 5.41 Å². The number of ether oxygens (including phenoxy) is 2. The molecule has 1 aliphatic rings. The van der Waals surface area contributed by atoms with Crippen LogP contribution < -0.4 is 15.4 Å². The lowest BCUT2D eigenvalue weighted by Gasteiger charge is -2.35. The van der Waals surface area contributed by atoms with Gasteiger partial charge < -0.3 is 20.1 Å². The Labute approximate surface area is 161 Å². The normalized spacial score (nSPS) is 15.9. The Morgan fingerprint density at radius 2 is 1.78 bits per heavy atom. The van der Waals surface area contributed by atoms with Crippen LogP contribution in [-0.4, -0.2) is 32.7 Å². The minimum Gasteiger partial charge on any atom is -0.489 e. The van der Waals surface area contributed by atoms with Crippen molar-refractivity contribution in [2.75, 3.05) is 26.8 Å². The highest BCUT2D eigenvalue weighted by molar-refractivity contribution is 5.83. The van der Waals surface area contributed by atoms with Gasteiger partial charge in [-0.3, -0.25) is 4.79 Å². The van der Waals surface area contributed by atoms with Gasteiger partial charge in [-0.25, -0.2) is 0 Å². The van der Waals surface area contributed by atoms with Gasteiger partial charge in [0.2, 0.25) is 5.91 Å². The summed E-state index contributed by atoms with van der Waals surface area (Å²) >= 11 is 0. The number of methoxy groups -OCH3 is 1. The molecule has 0 aliphatic carbocycles. The fourth-order valence-electron chi connectivity index (χ4n) is 3.51. The molecule has 1 fully saturated rings. The molecule has 2 aromatic rings. The molecule has 3 rings (SSSR count). The first kappa shape index (κ1) is 19.4. The summed E-state index contributed by atoms with van der Waals surface area (Å²) in [5, 5.41) is 6.42. The van der Waals surface area contributed by atoms with Crippen molar-refractivity contribution in [1.82, 2.24) is 10.6 Å². The number of rotatable bonds is 8. The Hall–Kier alpha value is -2.37. The number of nitrogens with one attached hydrogen (secondary N) is 2. The number of amides is 1. The van der Waals surface area contributed by atoms with E-state index >= 15 is 0 Å². The van der Waals surface area contributed by atoms with E-state index in [9.17, 15) is 4.79 Å². The zero-order chi connectivity index (χ0) is 19.0. The molecule has 1 amide bonds. The molecular formula is C22H28N2O3. The first-order valence-electron chi connectivity index (χ1n) is 9.46. The van der Waals surface area contributed by atoms with Crippen LogP contribution >= 0.6 is 0 Å². The third-order valence-electron chi connectivity index (χ3n) is 5.11. The molecule has 0 atom stereocenters. The van der Waals surface area contributed by atoms with Crippen LogP contribution in [0.25, 0.3) is 0 Å². The maximum Gasteiger partial charge on any atom is 0.228 e. The molecule has 5 heteroatoms. The van der Waals surface area contributed by atoms with Crippen molar-refractivity contribution in [3.05, 3.63) is 65.7 Å². The molecule has 0 spiro atoms. The number of benzene rings is 2. The lowest BCUT2D eigenvalue weighted by molar-refractivity contribution is -0.136. The van der Waals surface area contributed by atoms with E-state index in [0.717, 1.165) is 42.8 Å². The van der Waals surface area contributed by atoms with E-state index in [1.54, 1.807) is 7.11 Å². The van der Waals surface area contributed by atoms with E-state index in [-0.39, 0.29) is 5.91 Å². The molecule has 1 saturated heterocycles. The molecule has 5 nitrogen and oxygen atoms in total. The summed E-state index contributed by atoms with van der Waals surface area (Å²) in [6.45, 7) is 3.08. The topological polar surface area (TPSA) is 59.6 Å². The average Bonchev–Trinajstić information content (AvgIpc) is 2.72. The number of para-hydroxylation sites is 1. The van der Waals surface area contributed by atoms with Crippen LogP contribution in [0.5, 0.6) is 5.75 Å². The number of piperidine rings is 1. The Morgan fingerprint density at radius 3 is 2.52 bits per heavy atom. The minimum absolute atomic E-state index is 0.0590. The van der Waals surface area contributed by atoms with Crippen molar-refractivity contribution in [2.45, 2.75) is 26.0 Å². The molecule has 0 unspecified atom stereocenters. The van der Waals surface area contributed by atoms with Crippen molar-refractivity contribution in [3.63, 3.8) is 0 Å². The lowest BCUT2D eigenvalue weighted by atomic mass is 9.78. The predicted molar refractivity (Wildman–Crippen MR) is 105 cm³/mol. The van der Waals surface area contributed by atoms with E-state index in [1.807, 2.05) is 54.6 Å². The highest BCUT2D eigenvalue weighted by Gasteiger charge is 2.39. The zero-order valence-corrected chi connectivity index (χ0v) is 15.9. The Kier molecular flexibility index (Phi) is 6.85. The summed E-state index contributed by atoms with van der Waals surface area (Å²) in [6, 6.07) is 17.9. The van der Waals surface area contributed by atoms with E-state index < -0.39 is 5.41 Å². The van der Waals surface area contributed by atoms with Gasteiger partial charge in [0.25, 0.3) is 0 Å². The van der Waals surface area contributed by atoms with E-state index in [4.69, 9.17) is 9.47 Å². The first-order chi connectivity index (χ1) is 13.2. The molecule has 2 N–H and O–H groups in total. The van der Waals surface area contributed by atoms with E-state index in [1.165, 1.54) is 0 Å². The van der Waals surface area contributed by atoms with Gasteiger partial charge >= 0.3 is 0 Å². The average molecular weight is 368 g/mol. The van der Waals surface area contributed by atoms with Crippen LogP contribution in [0.2, 0.25) is 0 Å². The quantitative estimate of drug-likeness (QED) is 0.752. The SMILES string of the molecule is COCC1(C(=O)NCc2ccccc2OCc2ccccc2)CCNCC1. The molecule has 0 bridgehead atoms. The number of carbonyl (C=O) groups is 1. The molecule has 0 saturated carbocycles. The highest BCUT2D eigenvalue weighted by atomic mass is 16.5. The first-order valence-corrected chi connectivity index (χ1v) is 9.46. The van der Waals surface area contributed by atoms with E-state index in [2.05, 4.69) is 10.6 Å². The maximum atomic E-state index is 12.9. The van der Waals surface area contributed by atoms with Gasteiger partial charge in [0.15, 0.2) is 0 Å². The third kappa shape index (κ3) is 5.08. The molecule has 0 radical (unpaired) electrons. The zero-order valence-electron chi connectivity index (χ0n) is 15.9. The number of hydrogen-bond donors (Lipinski definition) is 2. The predicted octanol–water partition coefficient (Wildman–Crippen LogP) is 2.90. The van der Waals surface area contributed by atoms with Gasteiger partial charge in [0.1, 0.15) is 12.4 Å². The second kappa shape index (κ2) is 9.53. The van der Waals surface area contributed by atoms with Gasteiger partial charge in [0.05, 0.1) is 12.0 Å². The molecule has 1 heterocycles. The van der Waals surface area contributed by atoms with Crippen LogP contribution in [0.1, 0.15) is 24.0 Å². The van der Waals surface area contributed by atoms with Crippen LogP contribution in [0, 0.1) is 5.41 Å². The molecule has 27 heavy (non-hydrogen) atoms. The van der Waals surface area contributed by atoms with Crippen LogP contribution in [0.3, 0.4) is 0 Å². The second-order valence-corrected chi connectivity index (χ2v) is 7.03. The van der Waals surface area contributed by atoms with Gasteiger partial charge in [-0.1, -0.05) is 48.5 Å². The van der Waals surface area contributed by atoms with Crippen molar-refractivity contribution >= 4 is 5.91 Å².